The van der Waals surface area contributed by atoms with Crippen molar-refractivity contribution in [2.45, 2.75) is 78.0 Å². The molecule has 4 nitrogen and oxygen atoms in total. The largest absolute Gasteiger partial charge is 0.493 e. The lowest BCUT2D eigenvalue weighted by atomic mass is 10.3. The van der Waals surface area contributed by atoms with E-state index < -0.39 is 60.1 Å². The van der Waals surface area contributed by atoms with Crippen LogP contribution < -0.4 is 20.1 Å². The number of hydrogen-bond donors (Lipinski definition) is 0. The zero-order valence-electron chi connectivity index (χ0n) is 18.6. The molecule has 0 aromatic heterocycles. The van der Waals surface area contributed by atoms with Crippen molar-refractivity contribution >= 4 is 24.9 Å². The molecule has 1 aromatic carbocycles. The predicted octanol–water partition coefficient (Wildman–Crippen LogP) is 5.59. The van der Waals surface area contributed by atoms with Crippen LogP contribution in [0.5, 0.6) is 11.5 Å². The first-order valence-corrected chi connectivity index (χ1v) is 13.3. The van der Waals surface area contributed by atoms with Gasteiger partial charge in [-0.1, -0.05) is 55.4 Å². The van der Waals surface area contributed by atoms with Crippen LogP contribution in [-0.2, 0) is 9.13 Å². The summed E-state index contributed by atoms with van der Waals surface area (Å²) in [5.41, 5.74) is -1.75. The van der Waals surface area contributed by atoms with Crippen molar-refractivity contribution in [3.05, 3.63) is 11.6 Å². The van der Waals surface area contributed by atoms with E-state index in [1.807, 2.05) is 0 Å². The highest BCUT2D eigenvalue weighted by atomic mass is 31.2. The Kier molecular flexibility index (Phi) is 7.98. The van der Waals surface area contributed by atoms with E-state index >= 15 is 8.78 Å². The molecular weight excluding hydrogens is 404 g/mol. The van der Waals surface area contributed by atoms with Crippen LogP contribution in [0.4, 0.5) is 8.78 Å². The minimum Gasteiger partial charge on any atom is -0.493 e. The third kappa shape index (κ3) is 3.67. The highest BCUT2D eigenvalue weighted by Gasteiger charge is 2.46. The van der Waals surface area contributed by atoms with Crippen LogP contribution in [0.15, 0.2) is 0 Å². The van der Waals surface area contributed by atoms with Crippen molar-refractivity contribution < 1.29 is 27.4 Å². The van der Waals surface area contributed by atoms with Crippen molar-refractivity contribution in [3.8, 4) is 11.5 Å². The molecule has 0 amide bonds. The number of hydrogen-bond acceptors (Lipinski definition) is 4. The molecular formula is C20H34F2O4P2. The van der Waals surface area contributed by atoms with Gasteiger partial charge in [-0.2, -0.15) is 0 Å². The van der Waals surface area contributed by atoms with Crippen LogP contribution >= 0.6 is 14.3 Å². The molecule has 0 N–H and O–H groups in total. The monoisotopic (exact) mass is 438 g/mol. The molecule has 0 spiro atoms. The van der Waals surface area contributed by atoms with E-state index in [-0.39, 0.29) is 10.6 Å². The molecule has 162 valence electrons. The van der Waals surface area contributed by atoms with Gasteiger partial charge in [0.05, 0.1) is 24.8 Å². The van der Waals surface area contributed by atoms with Gasteiger partial charge in [-0.15, -0.1) is 0 Å². The molecule has 0 fully saturated rings. The summed E-state index contributed by atoms with van der Waals surface area (Å²) in [5, 5.41) is -0.589. The lowest BCUT2D eigenvalue weighted by molar-refractivity contribution is 0.368. The Morgan fingerprint density at radius 3 is 0.964 bits per heavy atom. The van der Waals surface area contributed by atoms with E-state index in [1.165, 1.54) is 14.2 Å². The van der Waals surface area contributed by atoms with Crippen molar-refractivity contribution in [2.75, 3.05) is 14.2 Å². The summed E-state index contributed by atoms with van der Waals surface area (Å²) in [6.45, 7) is 13.7. The fourth-order valence-corrected chi connectivity index (χ4v) is 10.1. The van der Waals surface area contributed by atoms with E-state index in [0.717, 1.165) is 0 Å². The molecule has 28 heavy (non-hydrogen) atoms. The molecule has 0 unspecified atom stereocenters. The van der Waals surface area contributed by atoms with Crippen LogP contribution in [0.3, 0.4) is 0 Å². The van der Waals surface area contributed by atoms with Crippen LogP contribution in [0.25, 0.3) is 0 Å². The summed E-state index contributed by atoms with van der Waals surface area (Å²) in [5.74, 6) is -2.74. The lowest BCUT2D eigenvalue weighted by Gasteiger charge is -2.33. The summed E-state index contributed by atoms with van der Waals surface area (Å²) >= 11 is 0. The zero-order chi connectivity index (χ0) is 22.2. The maximum Gasteiger partial charge on any atom is 0.180 e. The molecule has 8 heteroatoms. The first-order chi connectivity index (χ1) is 12.7. The Morgan fingerprint density at radius 1 is 0.607 bits per heavy atom. The fourth-order valence-electron chi connectivity index (χ4n) is 3.84. The second-order valence-corrected chi connectivity index (χ2v) is 16.0. The van der Waals surface area contributed by atoms with Crippen LogP contribution in [0, 0.1) is 11.6 Å². The summed E-state index contributed by atoms with van der Waals surface area (Å²) < 4.78 is 69.7. The number of methoxy groups -OCH3 is 2. The molecule has 0 atom stereocenters. The van der Waals surface area contributed by atoms with Gasteiger partial charge in [-0.3, -0.25) is 0 Å². The summed E-state index contributed by atoms with van der Waals surface area (Å²) in [6.07, 6.45) is 0. The Labute approximate surface area is 168 Å². The summed E-state index contributed by atoms with van der Waals surface area (Å²) in [6, 6.07) is 0. The van der Waals surface area contributed by atoms with Crippen LogP contribution in [-0.4, -0.2) is 36.9 Å². The number of benzene rings is 1. The van der Waals surface area contributed by atoms with Crippen molar-refractivity contribution in [1.29, 1.82) is 0 Å². The highest BCUT2D eigenvalue weighted by molar-refractivity contribution is 7.74. The van der Waals surface area contributed by atoms with Crippen LogP contribution in [0.1, 0.15) is 55.4 Å². The van der Waals surface area contributed by atoms with Gasteiger partial charge in [0.15, 0.2) is 23.1 Å². The normalized spacial score (nSPS) is 13.1. The van der Waals surface area contributed by atoms with Crippen LogP contribution in [0.2, 0.25) is 0 Å². The van der Waals surface area contributed by atoms with E-state index in [1.54, 1.807) is 55.4 Å². The molecule has 1 aromatic rings. The first kappa shape index (κ1) is 25.2. The molecule has 0 aliphatic rings. The molecule has 0 heterocycles. The predicted molar refractivity (Wildman–Crippen MR) is 114 cm³/mol. The van der Waals surface area contributed by atoms with Crippen molar-refractivity contribution in [2.24, 2.45) is 0 Å². The molecule has 0 radical (unpaired) electrons. The average Bonchev–Trinajstić information content (AvgIpc) is 2.60. The first-order valence-electron chi connectivity index (χ1n) is 9.57. The summed E-state index contributed by atoms with van der Waals surface area (Å²) in [7, 11) is -4.39. The molecule has 0 saturated carbocycles. The molecule has 0 bridgehead atoms. The smallest absolute Gasteiger partial charge is 0.180 e. The standard InChI is InChI=1S/C20H34F2O4P2/c1-11(2)27(23,12(3)4)19-15(21)18(26-10)20(16(22)17(19)25-9)28(24,13(5)6)14(7)8/h11-14H,1-10H3. The summed E-state index contributed by atoms with van der Waals surface area (Å²) in [4.78, 5) is 0. The second kappa shape index (κ2) is 8.88. The third-order valence-electron chi connectivity index (χ3n) is 5.42. The fraction of sp³-hybridized carbons (Fsp3) is 0.700. The molecule has 1 rings (SSSR count). The SMILES string of the molecule is COc1c(F)c(P(=O)(C(C)C)C(C)C)c(OC)c(F)c1P(=O)(C(C)C)C(C)C. The van der Waals surface area contributed by atoms with Gasteiger partial charge >= 0.3 is 0 Å². The minimum atomic E-state index is -3.40. The minimum absolute atomic E-state index is 0.294. The van der Waals surface area contributed by atoms with E-state index in [4.69, 9.17) is 9.47 Å². The number of halogens is 2. The van der Waals surface area contributed by atoms with E-state index in [2.05, 4.69) is 0 Å². The van der Waals surface area contributed by atoms with E-state index in [9.17, 15) is 9.13 Å². The van der Waals surface area contributed by atoms with Gasteiger partial charge in [-0.25, -0.2) is 8.78 Å². The van der Waals surface area contributed by atoms with Crippen molar-refractivity contribution in [1.82, 2.24) is 0 Å². The van der Waals surface area contributed by atoms with Gasteiger partial charge < -0.3 is 18.6 Å². The van der Waals surface area contributed by atoms with Crippen molar-refractivity contribution in [3.63, 3.8) is 0 Å². The van der Waals surface area contributed by atoms with Gasteiger partial charge in [0.2, 0.25) is 0 Å². The number of rotatable bonds is 8. The molecule has 0 aliphatic carbocycles. The Bertz CT molecular complexity index is 725. The quantitative estimate of drug-likeness (QED) is 0.497. The molecule has 0 saturated heterocycles. The Hall–Kier alpha value is -0.860. The maximum atomic E-state index is 15.8. The zero-order valence-corrected chi connectivity index (χ0v) is 20.4. The maximum absolute atomic E-state index is 15.8. The third-order valence-corrected chi connectivity index (χ3v) is 13.8. The van der Waals surface area contributed by atoms with Gasteiger partial charge in [0.1, 0.15) is 14.3 Å². The van der Waals surface area contributed by atoms with Gasteiger partial charge in [0.25, 0.3) is 0 Å². The lowest BCUT2D eigenvalue weighted by Crippen LogP contribution is -2.32. The molecule has 0 aliphatic heterocycles. The number of ether oxygens (including phenoxy) is 2. The highest BCUT2D eigenvalue weighted by Crippen LogP contribution is 2.61. The Balaban J connectivity index is 4.26. The topological polar surface area (TPSA) is 52.6 Å². The van der Waals surface area contributed by atoms with E-state index in [0.29, 0.717) is 0 Å². The Morgan fingerprint density at radius 2 is 0.821 bits per heavy atom. The van der Waals surface area contributed by atoms with Gasteiger partial charge in [-0.05, 0) is 0 Å². The second-order valence-electron chi connectivity index (χ2n) is 8.19. The van der Waals surface area contributed by atoms with Gasteiger partial charge in [0, 0.05) is 22.6 Å². The average molecular weight is 438 g/mol.